The molecule has 0 N–H and O–H groups in total. The Morgan fingerprint density at radius 3 is 2.67 bits per heavy atom. The van der Waals surface area contributed by atoms with E-state index >= 15 is 0 Å². The van der Waals surface area contributed by atoms with Crippen molar-refractivity contribution in [3.63, 3.8) is 0 Å². The molecule has 1 rings (SSSR count). The van der Waals surface area contributed by atoms with Crippen LogP contribution in [0.15, 0.2) is 18.2 Å². The minimum absolute atomic E-state index is 0.109. The first-order valence-corrected chi connectivity index (χ1v) is 4.57. The van der Waals surface area contributed by atoms with Gasteiger partial charge in [0.2, 0.25) is 0 Å². The van der Waals surface area contributed by atoms with Crippen molar-refractivity contribution in [2.24, 2.45) is 0 Å². The van der Waals surface area contributed by atoms with Crippen molar-refractivity contribution in [2.75, 3.05) is 6.67 Å². The minimum atomic E-state index is -0.580. The van der Waals surface area contributed by atoms with Gasteiger partial charge in [-0.25, -0.2) is 4.39 Å². The Morgan fingerprint density at radius 2 is 2.13 bits per heavy atom. The van der Waals surface area contributed by atoms with Gasteiger partial charge in [-0.3, -0.25) is 9.18 Å². The molecule has 0 amide bonds. The second kappa shape index (κ2) is 4.87. The summed E-state index contributed by atoms with van der Waals surface area (Å²) in [6, 6.07) is 3.79. The molecule has 2 nitrogen and oxygen atoms in total. The van der Waals surface area contributed by atoms with E-state index in [1.165, 1.54) is 19.1 Å². The second-order valence-corrected chi connectivity index (χ2v) is 3.37. The molecular formula is C11H12F2O2. The molecule has 0 aromatic heterocycles. The number of carbonyl (C=O) groups excluding carboxylic acids is 1. The largest absolute Gasteiger partial charge is 0.427 e. The Morgan fingerprint density at radius 1 is 1.47 bits per heavy atom. The number of ether oxygens (including phenoxy) is 1. The molecule has 0 saturated heterocycles. The summed E-state index contributed by atoms with van der Waals surface area (Å²) in [4.78, 5) is 10.7. The van der Waals surface area contributed by atoms with E-state index in [-0.39, 0.29) is 5.75 Å². The van der Waals surface area contributed by atoms with Crippen LogP contribution in [0.4, 0.5) is 8.78 Å². The Hall–Kier alpha value is -1.45. The standard InChI is InChI=1S/C11H12F2O2/c1-7(6-12)9-3-10(13)5-11(4-9)15-8(2)14/h3-5,7H,6H2,1-2H3. The van der Waals surface area contributed by atoms with Crippen molar-refractivity contribution in [3.8, 4) is 5.75 Å². The molecule has 1 aromatic rings. The summed E-state index contributed by atoms with van der Waals surface area (Å²) in [6.07, 6.45) is 0. The molecule has 0 radical (unpaired) electrons. The molecule has 0 aliphatic rings. The minimum Gasteiger partial charge on any atom is -0.427 e. The molecule has 82 valence electrons. The maximum Gasteiger partial charge on any atom is 0.308 e. The molecular weight excluding hydrogens is 202 g/mol. The van der Waals surface area contributed by atoms with Gasteiger partial charge in [0.15, 0.2) is 0 Å². The average molecular weight is 214 g/mol. The molecule has 0 aliphatic carbocycles. The lowest BCUT2D eigenvalue weighted by atomic mass is 10.0. The van der Waals surface area contributed by atoms with Gasteiger partial charge in [0.05, 0.1) is 6.67 Å². The highest BCUT2D eigenvalue weighted by atomic mass is 19.1. The first kappa shape index (κ1) is 11.6. The third kappa shape index (κ3) is 3.31. The van der Waals surface area contributed by atoms with Crippen LogP contribution in [-0.4, -0.2) is 12.6 Å². The number of benzene rings is 1. The summed E-state index contributed by atoms with van der Waals surface area (Å²) in [6.45, 7) is 2.28. The van der Waals surface area contributed by atoms with Crippen LogP contribution in [0, 0.1) is 5.82 Å². The molecule has 0 spiro atoms. The second-order valence-electron chi connectivity index (χ2n) is 3.37. The van der Waals surface area contributed by atoms with Gasteiger partial charge in [0, 0.05) is 18.9 Å². The van der Waals surface area contributed by atoms with E-state index in [0.29, 0.717) is 5.56 Å². The van der Waals surface area contributed by atoms with Gasteiger partial charge in [0.25, 0.3) is 0 Å². The van der Waals surface area contributed by atoms with Crippen molar-refractivity contribution in [1.82, 2.24) is 0 Å². The highest BCUT2D eigenvalue weighted by molar-refractivity contribution is 5.69. The van der Waals surface area contributed by atoms with E-state index in [0.717, 1.165) is 6.07 Å². The fourth-order valence-corrected chi connectivity index (χ4v) is 1.18. The van der Waals surface area contributed by atoms with Crippen LogP contribution in [0.2, 0.25) is 0 Å². The topological polar surface area (TPSA) is 26.3 Å². The van der Waals surface area contributed by atoms with Crippen LogP contribution in [0.1, 0.15) is 25.3 Å². The smallest absolute Gasteiger partial charge is 0.308 e. The summed E-state index contributed by atoms with van der Waals surface area (Å²) >= 11 is 0. The maximum absolute atomic E-state index is 13.1. The fourth-order valence-electron chi connectivity index (χ4n) is 1.18. The van der Waals surface area contributed by atoms with Gasteiger partial charge in [0.1, 0.15) is 11.6 Å². The summed E-state index contributed by atoms with van der Waals surface area (Å²) in [5, 5.41) is 0. The molecule has 0 heterocycles. The van der Waals surface area contributed by atoms with E-state index in [1.54, 1.807) is 6.92 Å². The quantitative estimate of drug-likeness (QED) is 0.571. The summed E-state index contributed by atoms with van der Waals surface area (Å²) < 4.78 is 30.2. The normalized spacial score (nSPS) is 12.3. The maximum atomic E-state index is 13.1. The zero-order valence-corrected chi connectivity index (χ0v) is 8.59. The molecule has 0 aliphatic heterocycles. The predicted octanol–water partition coefficient (Wildman–Crippen LogP) is 2.82. The van der Waals surface area contributed by atoms with Crippen LogP contribution < -0.4 is 4.74 Å². The predicted molar refractivity (Wildman–Crippen MR) is 52.1 cm³/mol. The summed E-state index contributed by atoms with van der Waals surface area (Å²) in [5.74, 6) is -1.36. The third-order valence-electron chi connectivity index (χ3n) is 1.96. The number of hydrogen-bond acceptors (Lipinski definition) is 2. The van der Waals surface area contributed by atoms with Gasteiger partial charge in [-0.05, 0) is 17.7 Å². The Bertz CT molecular complexity index is 364. The van der Waals surface area contributed by atoms with Gasteiger partial charge in [-0.15, -0.1) is 0 Å². The van der Waals surface area contributed by atoms with Crippen LogP contribution in [0.3, 0.4) is 0 Å². The number of esters is 1. The Balaban J connectivity index is 2.99. The number of carbonyl (C=O) groups is 1. The molecule has 1 aromatic carbocycles. The monoisotopic (exact) mass is 214 g/mol. The lowest BCUT2D eigenvalue weighted by molar-refractivity contribution is -0.131. The van der Waals surface area contributed by atoms with Gasteiger partial charge in [-0.2, -0.15) is 0 Å². The first-order chi connectivity index (χ1) is 7.02. The van der Waals surface area contributed by atoms with Crippen LogP contribution in [0.25, 0.3) is 0 Å². The highest BCUT2D eigenvalue weighted by Gasteiger charge is 2.09. The van der Waals surface area contributed by atoms with Crippen LogP contribution in [-0.2, 0) is 4.79 Å². The van der Waals surface area contributed by atoms with Gasteiger partial charge >= 0.3 is 5.97 Å². The van der Waals surface area contributed by atoms with Crippen molar-refractivity contribution < 1.29 is 18.3 Å². The highest BCUT2D eigenvalue weighted by Crippen LogP contribution is 2.23. The zero-order chi connectivity index (χ0) is 11.4. The van der Waals surface area contributed by atoms with Gasteiger partial charge < -0.3 is 4.74 Å². The van der Waals surface area contributed by atoms with Crippen molar-refractivity contribution in [3.05, 3.63) is 29.6 Å². The fraction of sp³-hybridized carbons (Fsp3) is 0.364. The number of halogens is 2. The number of alkyl halides is 1. The molecule has 1 unspecified atom stereocenters. The van der Waals surface area contributed by atoms with Crippen molar-refractivity contribution in [1.29, 1.82) is 0 Å². The molecule has 1 atom stereocenters. The van der Waals surface area contributed by atoms with Crippen molar-refractivity contribution in [2.45, 2.75) is 19.8 Å². The molecule has 0 saturated carbocycles. The lowest BCUT2D eigenvalue weighted by Gasteiger charge is -2.09. The number of hydrogen-bond donors (Lipinski definition) is 0. The average Bonchev–Trinajstić information content (AvgIpc) is 2.14. The molecule has 15 heavy (non-hydrogen) atoms. The SMILES string of the molecule is CC(=O)Oc1cc(F)cc(C(C)CF)c1. The lowest BCUT2D eigenvalue weighted by Crippen LogP contribution is -2.03. The number of rotatable bonds is 3. The Labute approximate surface area is 86.9 Å². The summed E-state index contributed by atoms with van der Waals surface area (Å²) in [5.41, 5.74) is 0.480. The van der Waals surface area contributed by atoms with Gasteiger partial charge in [-0.1, -0.05) is 6.92 Å². The summed E-state index contributed by atoms with van der Waals surface area (Å²) in [7, 11) is 0. The van der Waals surface area contributed by atoms with E-state index < -0.39 is 24.4 Å². The third-order valence-corrected chi connectivity index (χ3v) is 1.96. The van der Waals surface area contributed by atoms with Crippen LogP contribution >= 0.6 is 0 Å². The zero-order valence-electron chi connectivity index (χ0n) is 8.59. The van der Waals surface area contributed by atoms with Crippen LogP contribution in [0.5, 0.6) is 5.75 Å². The van der Waals surface area contributed by atoms with E-state index in [2.05, 4.69) is 0 Å². The molecule has 4 heteroatoms. The Kier molecular flexibility index (Phi) is 3.77. The molecule has 0 fully saturated rings. The van der Waals surface area contributed by atoms with E-state index in [1.807, 2.05) is 0 Å². The van der Waals surface area contributed by atoms with Crippen molar-refractivity contribution >= 4 is 5.97 Å². The van der Waals surface area contributed by atoms with E-state index in [4.69, 9.17) is 4.74 Å². The molecule has 0 bridgehead atoms. The van der Waals surface area contributed by atoms with E-state index in [9.17, 15) is 13.6 Å². The first-order valence-electron chi connectivity index (χ1n) is 4.57.